The summed E-state index contributed by atoms with van der Waals surface area (Å²) in [6.45, 7) is 4.81. The second-order valence-corrected chi connectivity index (χ2v) is 10.5. The lowest BCUT2D eigenvalue weighted by molar-refractivity contribution is 0.0894. The topological polar surface area (TPSA) is 26.3 Å². The lowest BCUT2D eigenvalue weighted by Crippen LogP contribution is -2.22. The highest BCUT2D eigenvalue weighted by atomic mass is 16.5. The van der Waals surface area contributed by atoms with Crippen LogP contribution < -0.4 is 4.74 Å². The summed E-state index contributed by atoms with van der Waals surface area (Å²) in [4.78, 5) is 12.5. The molecule has 0 bridgehead atoms. The average Bonchev–Trinajstić information content (AvgIpc) is 3.21. The first-order valence-corrected chi connectivity index (χ1v) is 14.0. The summed E-state index contributed by atoms with van der Waals surface area (Å²) < 4.78 is 5.94. The summed E-state index contributed by atoms with van der Waals surface area (Å²) >= 11 is 0. The van der Waals surface area contributed by atoms with Gasteiger partial charge >= 0.3 is 0 Å². The van der Waals surface area contributed by atoms with Crippen LogP contribution in [0.1, 0.15) is 103 Å². The number of ketones is 1. The predicted molar refractivity (Wildman–Crippen MR) is 150 cm³/mol. The summed E-state index contributed by atoms with van der Waals surface area (Å²) in [5.41, 5.74) is 6.04. The standard InChI is InChI=1S/C21H24O2.C13H18/c1-3-6-16-9-10-17-13-19(11-12-20(17)21(16)22)23-14-18-8-5-4-7-15(18)2;1-2-5-9-12(8-4-1)13-10-6-3-7-11-13/h4-5,7-8,11-13,16H,3,6,9-10,14H2,1-2H3;3,6-7,10-12H,1-2,4-5,8-9H2. The van der Waals surface area contributed by atoms with E-state index in [2.05, 4.69) is 56.3 Å². The van der Waals surface area contributed by atoms with Gasteiger partial charge in [0.05, 0.1) is 0 Å². The monoisotopic (exact) mass is 482 g/mol. The minimum atomic E-state index is 0.214. The van der Waals surface area contributed by atoms with Gasteiger partial charge in [0.15, 0.2) is 5.78 Å². The van der Waals surface area contributed by atoms with Gasteiger partial charge in [0, 0.05) is 11.5 Å². The molecular formula is C34H42O2. The smallest absolute Gasteiger partial charge is 0.166 e. The van der Waals surface area contributed by atoms with Crippen LogP contribution in [-0.4, -0.2) is 5.78 Å². The predicted octanol–water partition coefficient (Wildman–Crippen LogP) is 9.24. The maximum absolute atomic E-state index is 12.5. The molecule has 1 atom stereocenters. The third kappa shape index (κ3) is 7.09. The molecule has 2 aliphatic rings. The van der Waals surface area contributed by atoms with Crippen LogP contribution in [0.15, 0.2) is 72.8 Å². The molecule has 36 heavy (non-hydrogen) atoms. The Morgan fingerprint density at radius 2 is 1.56 bits per heavy atom. The Bertz CT molecular complexity index is 1090. The highest BCUT2D eigenvalue weighted by molar-refractivity contribution is 6.00. The van der Waals surface area contributed by atoms with Crippen molar-refractivity contribution in [3.05, 3.63) is 101 Å². The Morgan fingerprint density at radius 1 is 0.833 bits per heavy atom. The number of benzene rings is 3. The summed E-state index contributed by atoms with van der Waals surface area (Å²) in [6, 6.07) is 25.2. The number of hydrogen-bond donors (Lipinski definition) is 0. The number of ether oxygens (including phenoxy) is 1. The minimum absolute atomic E-state index is 0.214. The van der Waals surface area contributed by atoms with E-state index in [1.807, 2.05) is 30.3 Å². The molecule has 2 heteroatoms. The minimum Gasteiger partial charge on any atom is -0.489 e. The number of hydrogen-bond acceptors (Lipinski definition) is 2. The lowest BCUT2D eigenvalue weighted by Gasteiger charge is -2.23. The van der Waals surface area contributed by atoms with Crippen molar-refractivity contribution in [2.24, 2.45) is 5.92 Å². The average molecular weight is 483 g/mol. The molecule has 0 aromatic heterocycles. The molecule has 0 N–H and O–H groups in total. The highest BCUT2D eigenvalue weighted by Crippen LogP contribution is 2.32. The van der Waals surface area contributed by atoms with E-state index in [0.717, 1.165) is 48.5 Å². The lowest BCUT2D eigenvalue weighted by atomic mass is 9.80. The van der Waals surface area contributed by atoms with Gasteiger partial charge in [-0.2, -0.15) is 0 Å². The molecule has 0 saturated heterocycles. The van der Waals surface area contributed by atoms with Crippen LogP contribution in [-0.2, 0) is 13.0 Å². The first kappa shape index (κ1) is 26.2. The maximum atomic E-state index is 12.5. The zero-order valence-electron chi connectivity index (χ0n) is 22.2. The number of fused-ring (bicyclic) bond motifs is 1. The van der Waals surface area contributed by atoms with Gasteiger partial charge in [0.1, 0.15) is 12.4 Å². The van der Waals surface area contributed by atoms with Gasteiger partial charge in [0.2, 0.25) is 0 Å². The molecule has 2 nitrogen and oxygen atoms in total. The van der Waals surface area contributed by atoms with E-state index in [4.69, 9.17) is 4.74 Å². The molecule has 0 radical (unpaired) electrons. The first-order chi connectivity index (χ1) is 17.7. The Kier molecular flexibility index (Phi) is 9.78. The first-order valence-electron chi connectivity index (χ1n) is 14.0. The number of carbonyl (C=O) groups excluding carboxylic acids is 1. The highest BCUT2D eigenvalue weighted by Gasteiger charge is 2.26. The molecule has 190 valence electrons. The van der Waals surface area contributed by atoms with Crippen LogP contribution in [0.5, 0.6) is 5.75 Å². The van der Waals surface area contributed by atoms with Crippen LogP contribution in [0, 0.1) is 12.8 Å². The van der Waals surface area contributed by atoms with Crippen molar-refractivity contribution in [3.8, 4) is 5.75 Å². The van der Waals surface area contributed by atoms with Gasteiger partial charge in [-0.3, -0.25) is 4.79 Å². The van der Waals surface area contributed by atoms with E-state index < -0.39 is 0 Å². The van der Waals surface area contributed by atoms with Gasteiger partial charge in [-0.25, -0.2) is 0 Å². The Hall–Kier alpha value is -2.87. The fraction of sp³-hybridized carbons (Fsp3) is 0.441. The molecule has 1 saturated carbocycles. The molecule has 3 aromatic carbocycles. The van der Waals surface area contributed by atoms with Gasteiger partial charge < -0.3 is 4.74 Å². The van der Waals surface area contributed by atoms with Crippen LogP contribution in [0.25, 0.3) is 0 Å². The second-order valence-electron chi connectivity index (χ2n) is 10.5. The molecule has 3 aromatic rings. The summed E-state index contributed by atoms with van der Waals surface area (Å²) in [5, 5.41) is 0. The van der Waals surface area contributed by atoms with E-state index in [0.29, 0.717) is 12.4 Å². The molecule has 0 aliphatic heterocycles. The zero-order chi connectivity index (χ0) is 25.2. The molecule has 0 amide bonds. The largest absolute Gasteiger partial charge is 0.489 e. The zero-order valence-corrected chi connectivity index (χ0v) is 22.2. The third-order valence-electron chi connectivity index (χ3n) is 7.89. The van der Waals surface area contributed by atoms with E-state index in [9.17, 15) is 4.79 Å². The van der Waals surface area contributed by atoms with Crippen LogP contribution in [0.4, 0.5) is 0 Å². The molecule has 0 heterocycles. The molecule has 0 spiro atoms. The number of carbonyl (C=O) groups is 1. The van der Waals surface area contributed by atoms with E-state index in [-0.39, 0.29) is 5.92 Å². The molecule has 1 unspecified atom stereocenters. The van der Waals surface area contributed by atoms with Gasteiger partial charge in [0.25, 0.3) is 0 Å². The summed E-state index contributed by atoms with van der Waals surface area (Å²) in [5.74, 6) is 2.24. The Balaban J connectivity index is 0.000000197. The molecule has 1 fully saturated rings. The third-order valence-corrected chi connectivity index (χ3v) is 7.89. The van der Waals surface area contributed by atoms with E-state index in [1.54, 1.807) is 5.56 Å². The van der Waals surface area contributed by atoms with Crippen molar-refractivity contribution >= 4 is 5.78 Å². The van der Waals surface area contributed by atoms with Crippen molar-refractivity contribution in [2.75, 3.05) is 0 Å². The van der Waals surface area contributed by atoms with Crippen molar-refractivity contribution in [1.82, 2.24) is 0 Å². The Morgan fingerprint density at radius 3 is 2.28 bits per heavy atom. The van der Waals surface area contributed by atoms with Gasteiger partial charge in [-0.15, -0.1) is 0 Å². The quantitative estimate of drug-likeness (QED) is 0.327. The van der Waals surface area contributed by atoms with Crippen molar-refractivity contribution < 1.29 is 9.53 Å². The van der Waals surface area contributed by atoms with Crippen LogP contribution in [0.2, 0.25) is 0 Å². The molecule has 5 rings (SSSR count). The summed E-state index contributed by atoms with van der Waals surface area (Å²) in [6.07, 6.45) is 12.6. The van der Waals surface area contributed by atoms with E-state index >= 15 is 0 Å². The van der Waals surface area contributed by atoms with Crippen molar-refractivity contribution in [3.63, 3.8) is 0 Å². The van der Waals surface area contributed by atoms with Gasteiger partial charge in [-0.05, 0) is 85.4 Å². The molecule has 2 aliphatic carbocycles. The summed E-state index contributed by atoms with van der Waals surface area (Å²) in [7, 11) is 0. The van der Waals surface area contributed by atoms with E-state index in [1.165, 1.54) is 49.7 Å². The second kappa shape index (κ2) is 13.4. The van der Waals surface area contributed by atoms with Crippen LogP contribution >= 0.6 is 0 Å². The van der Waals surface area contributed by atoms with Crippen molar-refractivity contribution in [2.45, 2.75) is 90.6 Å². The fourth-order valence-electron chi connectivity index (χ4n) is 5.68. The van der Waals surface area contributed by atoms with Crippen LogP contribution in [0.3, 0.4) is 0 Å². The number of Topliss-reactive ketones (excluding diaryl/α,β-unsaturated/α-hetero) is 1. The van der Waals surface area contributed by atoms with Gasteiger partial charge in [-0.1, -0.05) is 93.6 Å². The number of rotatable bonds is 6. The fourth-order valence-corrected chi connectivity index (χ4v) is 5.68. The normalized spacial score (nSPS) is 17.9. The molecular weight excluding hydrogens is 440 g/mol. The maximum Gasteiger partial charge on any atom is 0.166 e. The number of aryl methyl sites for hydroxylation is 2. The SMILES string of the molecule is CCCC1CCc2cc(OCc3ccccc3C)ccc2C1=O.c1ccc(C2CCCCCC2)cc1. The van der Waals surface area contributed by atoms with Crippen molar-refractivity contribution in [1.29, 1.82) is 0 Å². The Labute approximate surface area is 218 Å².